The summed E-state index contributed by atoms with van der Waals surface area (Å²) in [6.07, 6.45) is 11.5. The van der Waals surface area contributed by atoms with Crippen LogP contribution in [0.5, 0.6) is 0 Å². The topological polar surface area (TPSA) is 33.2 Å². The van der Waals surface area contributed by atoms with Crippen molar-refractivity contribution >= 4 is 17.5 Å². The van der Waals surface area contributed by atoms with Gasteiger partial charge in [0.15, 0.2) is 0 Å². The molecule has 1 aliphatic carbocycles. The number of carbonyl (C=O) groups excluding carboxylic acids is 1. The highest BCUT2D eigenvalue weighted by molar-refractivity contribution is 6.31. The van der Waals surface area contributed by atoms with Crippen molar-refractivity contribution in [3.05, 3.63) is 53.3 Å². The van der Waals surface area contributed by atoms with Crippen molar-refractivity contribution in [1.29, 1.82) is 0 Å². The number of nitrogens with zero attached hydrogens (tertiary/aromatic N) is 2. The van der Waals surface area contributed by atoms with Gasteiger partial charge in [-0.3, -0.25) is 9.78 Å². The monoisotopic (exact) mass is 368 g/mol. The third-order valence-corrected chi connectivity index (χ3v) is 6.23. The number of hydrogen-bond acceptors (Lipinski definition) is 2. The Morgan fingerprint density at radius 1 is 1.08 bits per heavy atom. The number of amides is 1. The van der Waals surface area contributed by atoms with E-state index in [2.05, 4.69) is 22.0 Å². The smallest absolute Gasteiger partial charge is 0.226 e. The third kappa shape index (κ3) is 3.64. The number of hydrogen-bond donors (Lipinski definition) is 0. The average molecular weight is 369 g/mol. The van der Waals surface area contributed by atoms with Crippen LogP contribution in [0.15, 0.2) is 42.7 Å². The second-order valence-corrected chi connectivity index (χ2v) is 7.97. The first kappa shape index (κ1) is 17.5. The molecule has 136 valence electrons. The number of carbonyl (C=O) groups is 1. The summed E-state index contributed by atoms with van der Waals surface area (Å²) in [5.41, 5.74) is 3.19. The largest absolute Gasteiger partial charge is 0.339 e. The molecule has 1 aliphatic heterocycles. The van der Waals surface area contributed by atoms with Crippen LogP contribution >= 0.6 is 11.6 Å². The van der Waals surface area contributed by atoms with E-state index in [1.165, 1.54) is 32.1 Å². The van der Waals surface area contributed by atoms with Gasteiger partial charge in [0.2, 0.25) is 5.91 Å². The van der Waals surface area contributed by atoms with Crippen LogP contribution in [0.4, 0.5) is 0 Å². The van der Waals surface area contributed by atoms with Gasteiger partial charge in [0, 0.05) is 41.5 Å². The van der Waals surface area contributed by atoms with Crippen molar-refractivity contribution < 1.29 is 4.79 Å². The van der Waals surface area contributed by atoms with E-state index in [1.807, 2.05) is 24.4 Å². The minimum atomic E-state index is 0.0821. The van der Waals surface area contributed by atoms with E-state index >= 15 is 0 Å². The summed E-state index contributed by atoms with van der Waals surface area (Å²) in [4.78, 5) is 19.2. The van der Waals surface area contributed by atoms with Crippen LogP contribution in [-0.4, -0.2) is 28.4 Å². The van der Waals surface area contributed by atoms with E-state index in [-0.39, 0.29) is 5.92 Å². The standard InChI is InChI=1S/C22H25ClN2O/c23-21-14-16(19-5-4-11-24-15-19)8-9-17(21)13-18-10-12-25(22(18)26)20-6-2-1-3-7-20/h4-5,8-9,11,14-15,18,20H,1-3,6-7,10,12-13H2. The van der Waals surface area contributed by atoms with Gasteiger partial charge in [-0.15, -0.1) is 0 Å². The van der Waals surface area contributed by atoms with Crippen LogP contribution in [0.1, 0.15) is 44.1 Å². The van der Waals surface area contributed by atoms with Crippen LogP contribution in [0.3, 0.4) is 0 Å². The van der Waals surface area contributed by atoms with Gasteiger partial charge in [-0.05, 0) is 48.9 Å². The Labute approximate surface area is 160 Å². The Kier molecular flexibility index (Phi) is 5.26. The zero-order chi connectivity index (χ0) is 17.9. The van der Waals surface area contributed by atoms with Gasteiger partial charge in [0.05, 0.1) is 0 Å². The molecule has 1 saturated carbocycles. The van der Waals surface area contributed by atoms with Gasteiger partial charge >= 0.3 is 0 Å². The predicted octanol–water partition coefficient (Wildman–Crippen LogP) is 5.13. The minimum absolute atomic E-state index is 0.0821. The van der Waals surface area contributed by atoms with Crippen molar-refractivity contribution in [3.8, 4) is 11.1 Å². The number of likely N-dealkylation sites (tertiary alicyclic amines) is 1. The lowest BCUT2D eigenvalue weighted by Crippen LogP contribution is -2.39. The van der Waals surface area contributed by atoms with E-state index in [0.717, 1.165) is 41.1 Å². The first-order valence-corrected chi connectivity index (χ1v) is 10.1. The lowest BCUT2D eigenvalue weighted by Gasteiger charge is -2.31. The molecule has 0 N–H and O–H groups in total. The summed E-state index contributed by atoms with van der Waals surface area (Å²) >= 11 is 6.55. The van der Waals surface area contributed by atoms with E-state index in [1.54, 1.807) is 6.20 Å². The molecule has 26 heavy (non-hydrogen) atoms. The molecule has 0 radical (unpaired) electrons. The zero-order valence-corrected chi connectivity index (χ0v) is 15.8. The highest BCUT2D eigenvalue weighted by Gasteiger charge is 2.36. The van der Waals surface area contributed by atoms with Crippen LogP contribution in [0.2, 0.25) is 5.02 Å². The van der Waals surface area contributed by atoms with Crippen molar-refractivity contribution in [1.82, 2.24) is 9.88 Å². The molecule has 2 heterocycles. The summed E-state index contributed by atoms with van der Waals surface area (Å²) in [5, 5.41) is 0.746. The summed E-state index contributed by atoms with van der Waals surface area (Å²) in [7, 11) is 0. The SMILES string of the molecule is O=C1C(Cc2ccc(-c3cccnc3)cc2Cl)CCN1C1CCCCC1. The van der Waals surface area contributed by atoms with E-state index in [4.69, 9.17) is 11.6 Å². The van der Waals surface area contributed by atoms with Crippen LogP contribution in [0, 0.1) is 5.92 Å². The number of rotatable bonds is 4. The number of pyridine rings is 1. The Bertz CT molecular complexity index is 771. The molecule has 4 heteroatoms. The first-order valence-electron chi connectivity index (χ1n) is 9.71. The maximum atomic E-state index is 12.9. The Morgan fingerprint density at radius 2 is 1.92 bits per heavy atom. The maximum absolute atomic E-state index is 12.9. The zero-order valence-electron chi connectivity index (χ0n) is 15.0. The van der Waals surface area contributed by atoms with Gasteiger partial charge in [0.25, 0.3) is 0 Å². The van der Waals surface area contributed by atoms with Crippen molar-refractivity contribution in [2.24, 2.45) is 5.92 Å². The maximum Gasteiger partial charge on any atom is 0.226 e. The number of halogens is 1. The number of aromatic nitrogens is 1. The number of benzene rings is 1. The fourth-order valence-electron chi connectivity index (χ4n) is 4.40. The van der Waals surface area contributed by atoms with E-state index in [0.29, 0.717) is 11.9 Å². The third-order valence-electron chi connectivity index (χ3n) is 5.88. The molecular weight excluding hydrogens is 344 g/mol. The molecule has 2 fully saturated rings. The van der Waals surface area contributed by atoms with Gasteiger partial charge in [-0.2, -0.15) is 0 Å². The Hall–Kier alpha value is -1.87. The summed E-state index contributed by atoms with van der Waals surface area (Å²) in [5.74, 6) is 0.419. The van der Waals surface area contributed by atoms with Crippen molar-refractivity contribution in [2.45, 2.75) is 51.0 Å². The average Bonchev–Trinajstić information content (AvgIpc) is 3.05. The van der Waals surface area contributed by atoms with Gasteiger partial charge in [-0.1, -0.05) is 49.1 Å². The predicted molar refractivity (Wildman–Crippen MR) is 105 cm³/mol. The molecule has 1 atom stereocenters. The first-order chi connectivity index (χ1) is 12.7. The minimum Gasteiger partial charge on any atom is -0.339 e. The molecule has 0 spiro atoms. The molecule has 1 aromatic carbocycles. The lowest BCUT2D eigenvalue weighted by atomic mass is 9.93. The molecule has 1 unspecified atom stereocenters. The summed E-state index contributed by atoms with van der Waals surface area (Å²) in [6.45, 7) is 0.916. The molecule has 2 aromatic rings. The molecular formula is C22H25ClN2O. The second-order valence-electron chi connectivity index (χ2n) is 7.56. The molecule has 1 saturated heterocycles. The van der Waals surface area contributed by atoms with Crippen molar-refractivity contribution in [3.63, 3.8) is 0 Å². The Balaban J connectivity index is 1.45. The second kappa shape index (κ2) is 7.79. The molecule has 0 bridgehead atoms. The molecule has 2 aliphatic rings. The van der Waals surface area contributed by atoms with Gasteiger partial charge < -0.3 is 4.90 Å². The fraction of sp³-hybridized carbons (Fsp3) is 0.455. The van der Waals surface area contributed by atoms with Gasteiger partial charge in [0.1, 0.15) is 0 Å². The van der Waals surface area contributed by atoms with Crippen LogP contribution in [0.25, 0.3) is 11.1 Å². The quantitative estimate of drug-likeness (QED) is 0.749. The Morgan fingerprint density at radius 3 is 2.65 bits per heavy atom. The van der Waals surface area contributed by atoms with E-state index < -0.39 is 0 Å². The normalized spacial score (nSPS) is 21.3. The molecule has 1 aromatic heterocycles. The molecule has 4 rings (SSSR count). The highest BCUT2D eigenvalue weighted by Crippen LogP contribution is 2.32. The van der Waals surface area contributed by atoms with Gasteiger partial charge in [-0.25, -0.2) is 0 Å². The van der Waals surface area contributed by atoms with Crippen molar-refractivity contribution in [2.75, 3.05) is 6.54 Å². The lowest BCUT2D eigenvalue weighted by molar-refractivity contribution is -0.133. The summed E-state index contributed by atoms with van der Waals surface area (Å²) in [6, 6.07) is 10.6. The fourth-order valence-corrected chi connectivity index (χ4v) is 4.66. The van der Waals surface area contributed by atoms with Crippen LogP contribution in [-0.2, 0) is 11.2 Å². The summed E-state index contributed by atoms with van der Waals surface area (Å²) < 4.78 is 0. The molecule has 1 amide bonds. The van der Waals surface area contributed by atoms with Crippen LogP contribution < -0.4 is 0 Å². The highest BCUT2D eigenvalue weighted by atomic mass is 35.5. The molecule has 3 nitrogen and oxygen atoms in total. The van der Waals surface area contributed by atoms with E-state index in [9.17, 15) is 4.79 Å².